The summed E-state index contributed by atoms with van der Waals surface area (Å²) in [4.78, 5) is 11.9. The van der Waals surface area contributed by atoms with Crippen LogP contribution in [0.15, 0.2) is 0 Å². The Morgan fingerprint density at radius 3 is 2.50 bits per heavy atom. The highest BCUT2D eigenvalue weighted by atomic mass is 32.2. The van der Waals surface area contributed by atoms with E-state index < -0.39 is 10.8 Å². The number of carbonyl (C=O) groups excluding carboxylic acids is 1. The molecule has 2 atom stereocenters. The van der Waals surface area contributed by atoms with Crippen molar-refractivity contribution in [2.45, 2.75) is 64.6 Å². The Labute approximate surface area is 113 Å². The maximum Gasteiger partial charge on any atom is 0.237 e. The molecule has 0 aromatic heterocycles. The van der Waals surface area contributed by atoms with E-state index in [1.807, 2.05) is 13.8 Å². The number of hydrogen-bond donors (Lipinski definition) is 2. The van der Waals surface area contributed by atoms with Gasteiger partial charge in [0.2, 0.25) is 5.91 Å². The van der Waals surface area contributed by atoms with Gasteiger partial charge in [-0.05, 0) is 33.1 Å². The van der Waals surface area contributed by atoms with Crippen LogP contribution in [0.4, 0.5) is 0 Å². The summed E-state index contributed by atoms with van der Waals surface area (Å²) in [6, 6.07) is 0.413. The molecule has 1 saturated heterocycles. The molecular formula is C13H26N2O2S. The first-order valence-electron chi connectivity index (χ1n) is 6.94. The topological polar surface area (TPSA) is 58.2 Å². The summed E-state index contributed by atoms with van der Waals surface area (Å²) in [5.41, 5.74) is 0. The van der Waals surface area contributed by atoms with Crippen LogP contribution in [-0.4, -0.2) is 39.7 Å². The van der Waals surface area contributed by atoms with Gasteiger partial charge in [0.25, 0.3) is 0 Å². The molecule has 0 saturated carbocycles. The predicted octanol–water partition coefficient (Wildman–Crippen LogP) is 1.18. The number of amides is 1. The monoisotopic (exact) mass is 274 g/mol. The average Bonchev–Trinajstić information content (AvgIpc) is 2.32. The minimum absolute atomic E-state index is 0.0719. The molecule has 1 fully saturated rings. The van der Waals surface area contributed by atoms with E-state index in [1.54, 1.807) is 0 Å². The van der Waals surface area contributed by atoms with Crippen LogP contribution < -0.4 is 10.6 Å². The van der Waals surface area contributed by atoms with E-state index in [2.05, 4.69) is 17.6 Å². The third-order valence-corrected chi connectivity index (χ3v) is 4.76. The van der Waals surface area contributed by atoms with E-state index in [-0.39, 0.29) is 18.0 Å². The highest BCUT2D eigenvalue weighted by Gasteiger charge is 2.22. The van der Waals surface area contributed by atoms with Crippen LogP contribution in [0.5, 0.6) is 0 Å². The van der Waals surface area contributed by atoms with Crippen LogP contribution in [0.2, 0.25) is 0 Å². The molecule has 1 heterocycles. The first-order valence-corrected chi connectivity index (χ1v) is 8.43. The molecule has 5 heteroatoms. The summed E-state index contributed by atoms with van der Waals surface area (Å²) in [5, 5.41) is 6.36. The minimum atomic E-state index is -0.639. The van der Waals surface area contributed by atoms with Gasteiger partial charge in [-0.15, -0.1) is 0 Å². The maximum absolute atomic E-state index is 11.9. The van der Waals surface area contributed by atoms with Crippen LogP contribution in [0.1, 0.15) is 46.5 Å². The van der Waals surface area contributed by atoms with Gasteiger partial charge in [0, 0.05) is 34.4 Å². The second kappa shape index (κ2) is 7.89. The Morgan fingerprint density at radius 1 is 1.33 bits per heavy atom. The van der Waals surface area contributed by atoms with Gasteiger partial charge in [0.15, 0.2) is 0 Å². The molecule has 2 unspecified atom stereocenters. The zero-order chi connectivity index (χ0) is 13.5. The van der Waals surface area contributed by atoms with E-state index in [0.29, 0.717) is 6.04 Å². The van der Waals surface area contributed by atoms with E-state index in [4.69, 9.17) is 0 Å². The lowest BCUT2D eigenvalue weighted by Gasteiger charge is -2.26. The first kappa shape index (κ1) is 15.6. The zero-order valence-corrected chi connectivity index (χ0v) is 12.5. The Morgan fingerprint density at radius 2 is 1.94 bits per heavy atom. The summed E-state index contributed by atoms with van der Waals surface area (Å²) in [5.74, 6) is 1.60. The molecule has 0 aromatic rings. The average molecular weight is 274 g/mol. The standard InChI is InChI=1S/C13H26N2O2S/c1-4-5-10(2)14-13(16)11(3)15-12-6-8-18(17)9-7-12/h10-12,15H,4-9H2,1-3H3,(H,14,16). The summed E-state index contributed by atoms with van der Waals surface area (Å²) in [6.07, 6.45) is 3.92. The molecule has 106 valence electrons. The van der Waals surface area contributed by atoms with Gasteiger partial charge in [0.1, 0.15) is 0 Å². The Kier molecular flexibility index (Phi) is 6.86. The van der Waals surface area contributed by atoms with Gasteiger partial charge >= 0.3 is 0 Å². The van der Waals surface area contributed by atoms with Crippen molar-refractivity contribution in [3.8, 4) is 0 Å². The van der Waals surface area contributed by atoms with Crippen molar-refractivity contribution < 1.29 is 9.00 Å². The Hall–Kier alpha value is -0.420. The van der Waals surface area contributed by atoms with Gasteiger partial charge in [0.05, 0.1) is 6.04 Å². The van der Waals surface area contributed by atoms with Crippen molar-refractivity contribution in [3.63, 3.8) is 0 Å². The van der Waals surface area contributed by atoms with Crippen LogP contribution >= 0.6 is 0 Å². The molecule has 0 spiro atoms. The molecule has 1 aliphatic rings. The lowest BCUT2D eigenvalue weighted by molar-refractivity contribution is -0.123. The van der Waals surface area contributed by atoms with Crippen molar-refractivity contribution in [3.05, 3.63) is 0 Å². The van der Waals surface area contributed by atoms with Crippen LogP contribution in [0.3, 0.4) is 0 Å². The van der Waals surface area contributed by atoms with E-state index >= 15 is 0 Å². The van der Waals surface area contributed by atoms with Crippen LogP contribution in [0.25, 0.3) is 0 Å². The van der Waals surface area contributed by atoms with Crippen molar-refractivity contribution in [1.82, 2.24) is 10.6 Å². The van der Waals surface area contributed by atoms with Gasteiger partial charge in [-0.2, -0.15) is 0 Å². The highest BCUT2D eigenvalue weighted by molar-refractivity contribution is 7.85. The van der Waals surface area contributed by atoms with Gasteiger partial charge in [-0.1, -0.05) is 13.3 Å². The first-order chi connectivity index (χ1) is 8.52. The van der Waals surface area contributed by atoms with Crippen LogP contribution in [-0.2, 0) is 15.6 Å². The molecule has 1 aliphatic heterocycles. The molecule has 0 radical (unpaired) electrons. The Bertz CT molecular complexity index is 287. The Balaban J connectivity index is 2.28. The summed E-state index contributed by atoms with van der Waals surface area (Å²) >= 11 is 0. The van der Waals surface area contributed by atoms with Crippen molar-refractivity contribution in [1.29, 1.82) is 0 Å². The van der Waals surface area contributed by atoms with E-state index in [1.165, 1.54) is 0 Å². The van der Waals surface area contributed by atoms with Crippen molar-refractivity contribution >= 4 is 16.7 Å². The fraction of sp³-hybridized carbons (Fsp3) is 0.923. The molecule has 18 heavy (non-hydrogen) atoms. The third kappa shape index (κ3) is 5.48. The normalized spacial score (nSPS) is 27.5. The second-order valence-corrected chi connectivity index (χ2v) is 6.91. The number of rotatable bonds is 6. The fourth-order valence-electron chi connectivity index (χ4n) is 2.26. The predicted molar refractivity (Wildman–Crippen MR) is 76.0 cm³/mol. The number of hydrogen-bond acceptors (Lipinski definition) is 3. The molecule has 0 aliphatic carbocycles. The largest absolute Gasteiger partial charge is 0.352 e. The maximum atomic E-state index is 11.9. The summed E-state index contributed by atoms with van der Waals surface area (Å²) in [6.45, 7) is 6.06. The second-order valence-electron chi connectivity index (χ2n) is 5.21. The quantitative estimate of drug-likeness (QED) is 0.765. The molecule has 1 amide bonds. The SMILES string of the molecule is CCCC(C)NC(=O)C(C)NC1CCS(=O)CC1. The zero-order valence-electron chi connectivity index (χ0n) is 11.7. The van der Waals surface area contributed by atoms with Crippen LogP contribution in [0, 0.1) is 0 Å². The lowest BCUT2D eigenvalue weighted by Crippen LogP contribution is -2.50. The van der Waals surface area contributed by atoms with Gasteiger partial charge in [-0.25, -0.2) is 0 Å². The highest BCUT2D eigenvalue weighted by Crippen LogP contribution is 2.10. The van der Waals surface area contributed by atoms with Gasteiger partial charge in [-0.3, -0.25) is 9.00 Å². The van der Waals surface area contributed by atoms with Crippen molar-refractivity contribution in [2.24, 2.45) is 0 Å². The smallest absolute Gasteiger partial charge is 0.237 e. The fourth-order valence-corrected chi connectivity index (χ4v) is 3.56. The number of nitrogens with one attached hydrogen (secondary N) is 2. The molecule has 0 aromatic carbocycles. The molecule has 0 bridgehead atoms. The summed E-state index contributed by atoms with van der Waals surface area (Å²) in [7, 11) is -0.639. The molecule has 4 nitrogen and oxygen atoms in total. The lowest BCUT2D eigenvalue weighted by atomic mass is 10.1. The summed E-state index contributed by atoms with van der Waals surface area (Å²) < 4.78 is 11.2. The minimum Gasteiger partial charge on any atom is -0.352 e. The third-order valence-electron chi connectivity index (χ3n) is 3.38. The van der Waals surface area contributed by atoms with Crippen molar-refractivity contribution in [2.75, 3.05) is 11.5 Å². The van der Waals surface area contributed by atoms with E-state index in [9.17, 15) is 9.00 Å². The molecule has 1 rings (SSSR count). The molecular weight excluding hydrogens is 248 g/mol. The number of carbonyl (C=O) groups is 1. The van der Waals surface area contributed by atoms with E-state index in [0.717, 1.165) is 37.2 Å². The van der Waals surface area contributed by atoms with Gasteiger partial charge < -0.3 is 10.6 Å². The molecule has 2 N–H and O–H groups in total.